The number of hydrogen-bond donors (Lipinski definition) is 3. The molecule has 3 aromatic rings. The van der Waals surface area contributed by atoms with Crippen LogP contribution in [0.2, 0.25) is 0 Å². The van der Waals surface area contributed by atoms with Crippen molar-refractivity contribution in [3.63, 3.8) is 0 Å². The molecule has 8 heteroatoms. The predicted molar refractivity (Wildman–Crippen MR) is 133 cm³/mol. The minimum absolute atomic E-state index is 0.0284. The maximum atomic E-state index is 12.0. The minimum Gasteiger partial charge on any atom is -0.493 e. The smallest absolute Gasteiger partial charge is 0.246 e. The molecule has 0 atom stereocenters. The number of carbonyl (C=O) groups is 1. The summed E-state index contributed by atoms with van der Waals surface area (Å²) in [6, 6.07) is 21.3. The zero-order chi connectivity index (χ0) is 23.5. The van der Waals surface area contributed by atoms with Gasteiger partial charge in [-0.25, -0.2) is 0 Å². The van der Waals surface area contributed by atoms with Gasteiger partial charge in [0.1, 0.15) is 6.61 Å². The average molecular weight is 468 g/mol. The summed E-state index contributed by atoms with van der Waals surface area (Å²) in [7, 11) is 3.24. The molecule has 0 radical (unpaired) electrons. The molecular weight excluding hydrogens is 438 g/mol. The van der Waals surface area contributed by atoms with Crippen LogP contribution < -0.4 is 25.2 Å². The predicted octanol–water partition coefficient (Wildman–Crippen LogP) is 4.28. The molecule has 0 unspecified atom stereocenters. The van der Waals surface area contributed by atoms with Crippen LogP contribution in [-0.2, 0) is 22.6 Å². The lowest BCUT2D eigenvalue weighted by atomic mass is 10.1. The first-order valence-corrected chi connectivity index (χ1v) is 11.3. The number of ether oxygens (including phenoxy) is 3. The molecule has 0 aliphatic carbocycles. The van der Waals surface area contributed by atoms with Crippen molar-refractivity contribution in [1.82, 2.24) is 5.32 Å². The number of hydrogen-bond acceptors (Lipinski definition) is 7. The fourth-order valence-electron chi connectivity index (χ4n) is 3.01. The first kappa shape index (κ1) is 24.3. The van der Waals surface area contributed by atoms with Crippen molar-refractivity contribution < 1.29 is 19.0 Å². The molecule has 0 spiro atoms. The molecule has 33 heavy (non-hydrogen) atoms. The zero-order valence-corrected chi connectivity index (χ0v) is 19.6. The first-order valence-electron chi connectivity index (χ1n) is 10.5. The molecule has 0 saturated carbocycles. The number of anilines is 2. The second kappa shape index (κ2) is 12.6. The largest absolute Gasteiger partial charge is 0.493 e. The lowest BCUT2D eigenvalue weighted by Crippen LogP contribution is -2.29. The van der Waals surface area contributed by atoms with Crippen molar-refractivity contribution in [2.45, 2.75) is 17.9 Å². The third-order valence-corrected chi connectivity index (χ3v) is 5.64. The number of nitrogen functional groups attached to an aromatic ring is 1. The highest BCUT2D eigenvalue weighted by atomic mass is 32.2. The maximum absolute atomic E-state index is 12.0. The van der Waals surface area contributed by atoms with Gasteiger partial charge in [-0.1, -0.05) is 24.3 Å². The highest BCUT2D eigenvalue weighted by Crippen LogP contribution is 2.32. The molecule has 0 saturated heterocycles. The first-order chi connectivity index (χ1) is 16.1. The Bertz CT molecular complexity index is 1030. The summed E-state index contributed by atoms with van der Waals surface area (Å²) >= 11 is 1.49. The van der Waals surface area contributed by atoms with Crippen LogP contribution >= 0.6 is 11.9 Å². The third-order valence-electron chi connectivity index (χ3n) is 4.81. The third kappa shape index (κ3) is 7.93. The van der Waals surface area contributed by atoms with Crippen LogP contribution in [0.15, 0.2) is 71.6 Å². The van der Waals surface area contributed by atoms with Crippen LogP contribution in [-0.4, -0.2) is 33.3 Å². The van der Waals surface area contributed by atoms with E-state index in [1.807, 2.05) is 66.7 Å². The van der Waals surface area contributed by atoms with E-state index in [1.165, 1.54) is 11.9 Å². The normalized spacial score (nSPS) is 10.5. The monoisotopic (exact) mass is 467 g/mol. The van der Waals surface area contributed by atoms with Crippen LogP contribution in [0.5, 0.6) is 11.5 Å². The fourth-order valence-corrected chi connectivity index (χ4v) is 3.68. The molecule has 0 fully saturated rings. The van der Waals surface area contributed by atoms with Crippen molar-refractivity contribution in [1.29, 1.82) is 0 Å². The van der Waals surface area contributed by atoms with Crippen LogP contribution in [0.1, 0.15) is 11.1 Å². The summed E-state index contributed by atoms with van der Waals surface area (Å²) in [5.41, 5.74) is 9.47. The second-order valence-electron chi connectivity index (χ2n) is 7.25. The molecule has 3 rings (SSSR count). The summed E-state index contributed by atoms with van der Waals surface area (Å²) in [6.07, 6.45) is 0.743. The molecule has 0 aliphatic heterocycles. The van der Waals surface area contributed by atoms with Crippen molar-refractivity contribution in [2.24, 2.45) is 0 Å². The topological polar surface area (TPSA) is 94.8 Å². The molecule has 0 bridgehead atoms. The van der Waals surface area contributed by atoms with E-state index in [0.717, 1.165) is 28.1 Å². The number of nitrogens with one attached hydrogen (secondary N) is 2. The molecule has 3 aromatic carbocycles. The maximum Gasteiger partial charge on any atom is 0.246 e. The Balaban J connectivity index is 1.35. The Kier molecular flexibility index (Phi) is 9.29. The number of amides is 1. The second-order valence-corrected chi connectivity index (χ2v) is 8.13. The van der Waals surface area contributed by atoms with Crippen molar-refractivity contribution in [3.05, 3.63) is 77.9 Å². The van der Waals surface area contributed by atoms with Gasteiger partial charge in [0, 0.05) is 22.8 Å². The van der Waals surface area contributed by atoms with Gasteiger partial charge in [0.05, 0.1) is 20.8 Å². The SMILES string of the molecule is COc1ccc(SNc2ccc(CCNC(=O)COCc3ccc(N)cc3)cc2)cc1OC. The zero-order valence-electron chi connectivity index (χ0n) is 18.8. The number of rotatable bonds is 12. The summed E-state index contributed by atoms with van der Waals surface area (Å²) in [5.74, 6) is 1.26. The van der Waals surface area contributed by atoms with Crippen LogP contribution in [0.3, 0.4) is 0 Å². The van der Waals surface area contributed by atoms with E-state index >= 15 is 0 Å². The number of methoxy groups -OCH3 is 2. The molecular formula is C25H29N3O4S. The molecule has 1 amide bonds. The van der Waals surface area contributed by atoms with Gasteiger partial charge in [0.2, 0.25) is 5.91 Å². The highest BCUT2D eigenvalue weighted by Gasteiger charge is 2.06. The van der Waals surface area contributed by atoms with Crippen LogP contribution in [0.4, 0.5) is 11.4 Å². The van der Waals surface area contributed by atoms with Crippen LogP contribution in [0, 0.1) is 0 Å². The standard InChI is InChI=1S/C25H29N3O4S/c1-30-23-12-11-22(15-24(23)31-2)33-28-21-9-5-18(6-10-21)13-14-27-25(29)17-32-16-19-3-7-20(26)8-4-19/h3-12,15,28H,13-14,16-17,26H2,1-2H3,(H,27,29). The summed E-state index contributed by atoms with van der Waals surface area (Å²) in [6.45, 7) is 0.960. The fraction of sp³-hybridized carbons (Fsp3) is 0.240. The summed E-state index contributed by atoms with van der Waals surface area (Å²) < 4.78 is 19.4. The van der Waals surface area contributed by atoms with Gasteiger partial charge >= 0.3 is 0 Å². The molecule has 4 N–H and O–H groups in total. The van der Waals surface area contributed by atoms with E-state index in [-0.39, 0.29) is 12.5 Å². The Labute approximate surface area is 198 Å². The Morgan fingerprint density at radius 3 is 2.30 bits per heavy atom. The summed E-state index contributed by atoms with van der Waals surface area (Å²) in [4.78, 5) is 13.0. The van der Waals surface area contributed by atoms with Gasteiger partial charge < -0.3 is 30.0 Å². The van der Waals surface area contributed by atoms with Gasteiger partial charge in [0.25, 0.3) is 0 Å². The lowest BCUT2D eigenvalue weighted by Gasteiger charge is -2.11. The van der Waals surface area contributed by atoms with Gasteiger partial charge in [-0.2, -0.15) is 0 Å². The number of benzene rings is 3. The van der Waals surface area contributed by atoms with E-state index in [2.05, 4.69) is 10.0 Å². The van der Waals surface area contributed by atoms with Crippen molar-refractivity contribution in [2.75, 3.05) is 37.8 Å². The quantitative estimate of drug-likeness (QED) is 0.270. The lowest BCUT2D eigenvalue weighted by molar-refractivity contribution is -0.126. The number of carbonyl (C=O) groups excluding carboxylic acids is 1. The van der Waals surface area contributed by atoms with Gasteiger partial charge in [0.15, 0.2) is 11.5 Å². The molecule has 0 aliphatic rings. The van der Waals surface area contributed by atoms with E-state index < -0.39 is 0 Å². The van der Waals surface area contributed by atoms with Gasteiger partial charge in [-0.15, -0.1) is 0 Å². The van der Waals surface area contributed by atoms with Gasteiger partial charge in [-0.05, 0) is 72.0 Å². The van der Waals surface area contributed by atoms with E-state index in [4.69, 9.17) is 19.9 Å². The van der Waals surface area contributed by atoms with Crippen molar-refractivity contribution >= 4 is 29.2 Å². The van der Waals surface area contributed by atoms with Crippen molar-refractivity contribution in [3.8, 4) is 11.5 Å². The van der Waals surface area contributed by atoms with E-state index in [1.54, 1.807) is 14.2 Å². The molecule has 0 heterocycles. The number of nitrogens with two attached hydrogens (primary N) is 1. The molecule has 0 aromatic heterocycles. The van der Waals surface area contributed by atoms with Crippen LogP contribution in [0.25, 0.3) is 0 Å². The Morgan fingerprint density at radius 2 is 1.61 bits per heavy atom. The Hall–Kier alpha value is -3.36. The Morgan fingerprint density at radius 1 is 0.909 bits per heavy atom. The highest BCUT2D eigenvalue weighted by molar-refractivity contribution is 8.00. The molecule has 174 valence electrons. The molecule has 7 nitrogen and oxygen atoms in total. The average Bonchev–Trinajstić information content (AvgIpc) is 2.84. The van der Waals surface area contributed by atoms with Gasteiger partial charge in [-0.3, -0.25) is 4.79 Å². The minimum atomic E-state index is -0.130. The van der Waals surface area contributed by atoms with E-state index in [0.29, 0.717) is 30.3 Å². The summed E-state index contributed by atoms with van der Waals surface area (Å²) in [5, 5.41) is 2.88. The van der Waals surface area contributed by atoms with E-state index in [9.17, 15) is 4.79 Å².